The molecular weight excluding hydrogens is 266 g/mol. The second-order valence-corrected chi connectivity index (χ2v) is 4.83. The number of carboxylic acid groups (broad SMARTS) is 1. The summed E-state index contributed by atoms with van der Waals surface area (Å²) in [6.07, 6.45) is 1.83. The minimum Gasteiger partial charge on any atom is -0.480 e. The third-order valence-electron chi connectivity index (χ3n) is 3.09. The van der Waals surface area contributed by atoms with E-state index in [4.69, 9.17) is 15.6 Å². The molecule has 1 fully saturated rings. The molecule has 0 aromatic carbocycles. The Kier molecular flexibility index (Phi) is 6.78. The van der Waals surface area contributed by atoms with Crippen LogP contribution in [0.5, 0.6) is 0 Å². The molecule has 0 saturated carbocycles. The zero-order valence-corrected chi connectivity index (χ0v) is 11.3. The van der Waals surface area contributed by atoms with E-state index >= 15 is 0 Å². The van der Waals surface area contributed by atoms with Gasteiger partial charge in [0.05, 0.1) is 6.61 Å². The fourth-order valence-corrected chi connectivity index (χ4v) is 1.96. The molecule has 0 aromatic rings. The van der Waals surface area contributed by atoms with E-state index in [1.54, 1.807) is 0 Å². The first-order valence-corrected chi connectivity index (χ1v) is 6.62. The molecule has 1 aliphatic heterocycles. The van der Waals surface area contributed by atoms with Crippen molar-refractivity contribution in [3.8, 4) is 0 Å². The van der Waals surface area contributed by atoms with Crippen LogP contribution in [0.2, 0.25) is 0 Å². The predicted octanol–water partition coefficient (Wildman–Crippen LogP) is -0.569. The molecule has 1 rings (SSSR count). The summed E-state index contributed by atoms with van der Waals surface area (Å²) in [7, 11) is 0. The number of carboxylic acids is 1. The Morgan fingerprint density at radius 2 is 2.15 bits per heavy atom. The topological polar surface area (TPSA) is 131 Å². The fourth-order valence-electron chi connectivity index (χ4n) is 1.96. The Morgan fingerprint density at radius 1 is 1.40 bits per heavy atom. The number of nitrogens with one attached hydrogen (secondary N) is 2. The number of carbonyl (C=O) groups is 3. The van der Waals surface area contributed by atoms with Crippen molar-refractivity contribution < 1.29 is 24.2 Å². The number of amides is 3. The van der Waals surface area contributed by atoms with Gasteiger partial charge in [0.2, 0.25) is 5.91 Å². The van der Waals surface area contributed by atoms with Crippen molar-refractivity contribution in [2.45, 2.75) is 31.7 Å². The number of primary amides is 1. The zero-order valence-electron chi connectivity index (χ0n) is 11.3. The first-order valence-electron chi connectivity index (χ1n) is 6.62. The molecule has 1 unspecified atom stereocenters. The number of hydrogen-bond acceptors (Lipinski definition) is 4. The van der Waals surface area contributed by atoms with Gasteiger partial charge in [-0.3, -0.25) is 4.79 Å². The van der Waals surface area contributed by atoms with Gasteiger partial charge in [0.15, 0.2) is 0 Å². The molecule has 0 aliphatic carbocycles. The number of nitrogens with two attached hydrogens (primary N) is 1. The summed E-state index contributed by atoms with van der Waals surface area (Å²) in [5.41, 5.74) is 4.95. The van der Waals surface area contributed by atoms with Gasteiger partial charge in [-0.15, -0.1) is 0 Å². The van der Waals surface area contributed by atoms with Crippen molar-refractivity contribution in [2.75, 3.05) is 19.8 Å². The number of hydrogen-bond donors (Lipinski definition) is 4. The molecule has 0 bridgehead atoms. The van der Waals surface area contributed by atoms with Gasteiger partial charge in [-0.05, 0) is 25.2 Å². The molecule has 1 heterocycles. The van der Waals surface area contributed by atoms with Gasteiger partial charge in [-0.2, -0.15) is 0 Å². The summed E-state index contributed by atoms with van der Waals surface area (Å²) in [5, 5.41) is 13.9. The summed E-state index contributed by atoms with van der Waals surface area (Å²) >= 11 is 0. The minimum atomic E-state index is -1.19. The lowest BCUT2D eigenvalue weighted by Crippen LogP contribution is -2.47. The second kappa shape index (κ2) is 8.36. The van der Waals surface area contributed by atoms with E-state index in [0.717, 1.165) is 19.4 Å². The highest BCUT2D eigenvalue weighted by Gasteiger charge is 2.21. The normalized spacial score (nSPS) is 19.9. The smallest absolute Gasteiger partial charge is 0.326 e. The summed E-state index contributed by atoms with van der Waals surface area (Å²) in [6.45, 7) is 1.79. The van der Waals surface area contributed by atoms with Gasteiger partial charge in [0.25, 0.3) is 0 Å². The molecule has 0 aromatic heterocycles. The maximum absolute atomic E-state index is 11.6. The van der Waals surface area contributed by atoms with Crippen LogP contribution in [0.25, 0.3) is 0 Å². The van der Waals surface area contributed by atoms with Gasteiger partial charge in [-0.25, -0.2) is 9.59 Å². The van der Waals surface area contributed by atoms with E-state index in [0.29, 0.717) is 13.2 Å². The maximum atomic E-state index is 11.6. The van der Waals surface area contributed by atoms with Crippen molar-refractivity contribution in [3.63, 3.8) is 0 Å². The Balaban J connectivity index is 2.29. The van der Waals surface area contributed by atoms with Crippen LogP contribution >= 0.6 is 0 Å². The monoisotopic (exact) mass is 287 g/mol. The maximum Gasteiger partial charge on any atom is 0.326 e. The number of carbonyl (C=O) groups excluding carboxylic acids is 2. The Labute approximate surface area is 117 Å². The summed E-state index contributed by atoms with van der Waals surface area (Å²) < 4.78 is 5.28. The first-order chi connectivity index (χ1) is 9.49. The molecule has 0 radical (unpaired) electrons. The minimum absolute atomic E-state index is 0.0232. The molecule has 20 heavy (non-hydrogen) atoms. The number of aliphatic carboxylic acids is 1. The SMILES string of the molecule is NC(=O)CC[C@H](NC(=O)NCC1CCCOC1)C(=O)O. The average Bonchev–Trinajstić information content (AvgIpc) is 2.41. The molecule has 8 heteroatoms. The van der Waals surface area contributed by atoms with Crippen molar-refractivity contribution in [2.24, 2.45) is 11.7 Å². The van der Waals surface area contributed by atoms with Gasteiger partial charge >= 0.3 is 12.0 Å². The molecule has 1 aliphatic rings. The van der Waals surface area contributed by atoms with Crippen molar-refractivity contribution in [3.05, 3.63) is 0 Å². The van der Waals surface area contributed by atoms with Crippen LogP contribution in [-0.4, -0.2) is 48.8 Å². The van der Waals surface area contributed by atoms with E-state index < -0.39 is 23.9 Å². The highest BCUT2D eigenvalue weighted by Crippen LogP contribution is 2.11. The van der Waals surface area contributed by atoms with Crippen LogP contribution < -0.4 is 16.4 Å². The lowest BCUT2D eigenvalue weighted by molar-refractivity contribution is -0.139. The van der Waals surface area contributed by atoms with Crippen molar-refractivity contribution >= 4 is 17.9 Å². The molecule has 8 nitrogen and oxygen atoms in total. The van der Waals surface area contributed by atoms with Crippen LogP contribution in [0.1, 0.15) is 25.7 Å². The zero-order chi connectivity index (χ0) is 15.0. The van der Waals surface area contributed by atoms with E-state index in [9.17, 15) is 14.4 Å². The lowest BCUT2D eigenvalue weighted by atomic mass is 10.0. The molecule has 0 spiro atoms. The molecule has 1 saturated heterocycles. The van der Waals surface area contributed by atoms with E-state index in [2.05, 4.69) is 10.6 Å². The third-order valence-corrected chi connectivity index (χ3v) is 3.09. The van der Waals surface area contributed by atoms with Crippen LogP contribution in [0.4, 0.5) is 4.79 Å². The predicted molar refractivity (Wildman–Crippen MR) is 69.9 cm³/mol. The Hall–Kier alpha value is -1.83. The van der Waals surface area contributed by atoms with Crippen LogP contribution in [-0.2, 0) is 14.3 Å². The number of ether oxygens (including phenoxy) is 1. The molecular formula is C12H21N3O5. The lowest BCUT2D eigenvalue weighted by Gasteiger charge is -2.22. The molecule has 3 amide bonds. The van der Waals surface area contributed by atoms with E-state index in [1.807, 2.05) is 0 Å². The van der Waals surface area contributed by atoms with Crippen molar-refractivity contribution in [1.82, 2.24) is 10.6 Å². The Morgan fingerprint density at radius 3 is 2.70 bits per heavy atom. The fraction of sp³-hybridized carbons (Fsp3) is 0.750. The van der Waals surface area contributed by atoms with Crippen LogP contribution in [0.15, 0.2) is 0 Å². The standard InChI is InChI=1S/C12H21N3O5/c13-10(16)4-3-9(11(17)18)15-12(19)14-6-8-2-1-5-20-7-8/h8-9H,1-7H2,(H2,13,16)(H,17,18)(H2,14,15,19)/t8?,9-/m0/s1. The average molecular weight is 287 g/mol. The highest BCUT2D eigenvalue weighted by atomic mass is 16.5. The molecule has 2 atom stereocenters. The molecule has 5 N–H and O–H groups in total. The number of rotatable bonds is 7. The van der Waals surface area contributed by atoms with E-state index in [-0.39, 0.29) is 18.8 Å². The largest absolute Gasteiger partial charge is 0.480 e. The second-order valence-electron chi connectivity index (χ2n) is 4.83. The number of urea groups is 1. The van der Waals surface area contributed by atoms with Crippen LogP contribution in [0, 0.1) is 5.92 Å². The van der Waals surface area contributed by atoms with Gasteiger partial charge < -0.3 is 26.2 Å². The van der Waals surface area contributed by atoms with Gasteiger partial charge in [-0.1, -0.05) is 0 Å². The first kappa shape index (κ1) is 16.2. The van der Waals surface area contributed by atoms with Crippen molar-refractivity contribution in [1.29, 1.82) is 0 Å². The third kappa shape index (κ3) is 6.37. The van der Waals surface area contributed by atoms with E-state index in [1.165, 1.54) is 0 Å². The summed E-state index contributed by atoms with van der Waals surface area (Å²) in [4.78, 5) is 33.2. The van der Waals surface area contributed by atoms with Crippen LogP contribution in [0.3, 0.4) is 0 Å². The van der Waals surface area contributed by atoms with Gasteiger partial charge in [0.1, 0.15) is 6.04 Å². The highest BCUT2D eigenvalue weighted by molar-refractivity contribution is 5.83. The summed E-state index contributed by atoms with van der Waals surface area (Å²) in [5.74, 6) is -1.54. The Bertz CT molecular complexity index is 355. The molecule has 114 valence electrons. The quantitative estimate of drug-likeness (QED) is 0.498. The summed E-state index contributed by atoms with van der Waals surface area (Å²) in [6, 6.07) is -1.68. The van der Waals surface area contributed by atoms with Gasteiger partial charge in [0, 0.05) is 19.6 Å².